The van der Waals surface area contributed by atoms with Crippen molar-refractivity contribution in [3.63, 3.8) is 0 Å². The summed E-state index contributed by atoms with van der Waals surface area (Å²) in [6.07, 6.45) is 1.38. The van der Waals surface area contributed by atoms with Gasteiger partial charge in [0.15, 0.2) is 9.84 Å². The number of sulfone groups is 1. The van der Waals surface area contributed by atoms with Crippen LogP contribution in [0.5, 0.6) is 0 Å². The van der Waals surface area contributed by atoms with Crippen molar-refractivity contribution in [2.75, 3.05) is 6.61 Å². The molecule has 0 spiro atoms. The lowest BCUT2D eigenvalue weighted by Gasteiger charge is -2.36. The van der Waals surface area contributed by atoms with Crippen molar-refractivity contribution in [3.8, 4) is 0 Å². The molecule has 3 aliphatic rings. The number of hydrogen-bond donors (Lipinski definition) is 0. The summed E-state index contributed by atoms with van der Waals surface area (Å²) >= 11 is 0. The number of rotatable bonds is 2. The zero-order valence-electron chi connectivity index (χ0n) is 10.4. The second-order valence-electron chi connectivity index (χ2n) is 5.58. The summed E-state index contributed by atoms with van der Waals surface area (Å²) < 4.78 is 37.1. The Balaban J connectivity index is 1.74. The van der Waals surface area contributed by atoms with Crippen LogP contribution in [0.2, 0.25) is 0 Å². The molecule has 0 aromatic heterocycles. The fraction of sp³-hybridized carbons (Fsp3) is 0.571. The van der Waals surface area contributed by atoms with Crippen LogP contribution in [0.1, 0.15) is 12.8 Å². The molecule has 19 heavy (non-hydrogen) atoms. The summed E-state index contributed by atoms with van der Waals surface area (Å²) in [7, 11) is -3.37. The molecule has 5 heteroatoms. The van der Waals surface area contributed by atoms with E-state index in [-0.39, 0.29) is 18.3 Å². The number of fused-ring (bicyclic) bond motifs is 1. The van der Waals surface area contributed by atoms with Gasteiger partial charge in [0.2, 0.25) is 0 Å². The fourth-order valence-corrected chi connectivity index (χ4v) is 5.74. The minimum absolute atomic E-state index is 0.0118. The van der Waals surface area contributed by atoms with E-state index in [4.69, 9.17) is 9.47 Å². The third-order valence-electron chi connectivity index (χ3n) is 4.57. The molecule has 3 fully saturated rings. The van der Waals surface area contributed by atoms with E-state index in [2.05, 4.69) is 0 Å². The van der Waals surface area contributed by atoms with Gasteiger partial charge in [-0.3, -0.25) is 0 Å². The Morgan fingerprint density at radius 2 is 1.89 bits per heavy atom. The molecule has 1 aromatic carbocycles. The van der Waals surface area contributed by atoms with Crippen molar-refractivity contribution in [2.45, 2.75) is 41.3 Å². The minimum atomic E-state index is -3.37. The van der Waals surface area contributed by atoms with Crippen molar-refractivity contribution >= 4 is 9.84 Å². The van der Waals surface area contributed by atoms with Gasteiger partial charge in [-0.15, -0.1) is 0 Å². The monoisotopic (exact) mass is 280 g/mol. The Hall–Kier alpha value is -0.910. The quantitative estimate of drug-likeness (QED) is 0.822. The Morgan fingerprint density at radius 1 is 1.11 bits per heavy atom. The van der Waals surface area contributed by atoms with Gasteiger partial charge in [0.05, 0.1) is 17.1 Å². The van der Waals surface area contributed by atoms with Crippen LogP contribution in [0, 0.1) is 5.92 Å². The Labute approximate surface area is 112 Å². The molecule has 4 rings (SSSR count). The van der Waals surface area contributed by atoms with Gasteiger partial charge in [0.1, 0.15) is 11.4 Å². The second kappa shape index (κ2) is 4.04. The van der Waals surface area contributed by atoms with Crippen LogP contribution in [0.25, 0.3) is 0 Å². The largest absolute Gasteiger partial charge is 0.374 e. The van der Waals surface area contributed by atoms with Crippen molar-refractivity contribution in [2.24, 2.45) is 5.92 Å². The average Bonchev–Trinajstić information content (AvgIpc) is 2.98. The molecular formula is C14H16O4S. The molecule has 0 saturated carbocycles. The fourth-order valence-electron chi connectivity index (χ4n) is 3.73. The first-order valence-corrected chi connectivity index (χ1v) is 8.28. The van der Waals surface area contributed by atoms with Crippen molar-refractivity contribution < 1.29 is 17.9 Å². The van der Waals surface area contributed by atoms with E-state index in [0.29, 0.717) is 17.4 Å². The first-order chi connectivity index (χ1) is 9.18. The van der Waals surface area contributed by atoms with E-state index < -0.39 is 15.1 Å². The molecule has 0 N–H and O–H groups in total. The highest BCUT2D eigenvalue weighted by molar-refractivity contribution is 7.92. The molecular weight excluding hydrogens is 264 g/mol. The minimum Gasteiger partial charge on any atom is -0.374 e. The summed E-state index contributed by atoms with van der Waals surface area (Å²) in [5.74, 6) is 0.492. The summed E-state index contributed by atoms with van der Waals surface area (Å²) in [5, 5.41) is -0.531. The molecule has 5 unspecified atom stereocenters. The van der Waals surface area contributed by atoms with Gasteiger partial charge in [-0.25, -0.2) is 8.42 Å². The van der Waals surface area contributed by atoms with E-state index in [1.165, 1.54) is 0 Å². The summed E-state index contributed by atoms with van der Waals surface area (Å²) in [6, 6.07) is 8.64. The topological polar surface area (TPSA) is 52.6 Å². The lowest BCUT2D eigenvalue weighted by Crippen LogP contribution is -2.50. The third kappa shape index (κ3) is 1.61. The Kier molecular flexibility index (Phi) is 2.53. The molecule has 1 aromatic rings. The second-order valence-corrected chi connectivity index (χ2v) is 7.69. The Morgan fingerprint density at radius 3 is 2.68 bits per heavy atom. The third-order valence-corrected chi connectivity index (χ3v) is 6.79. The van der Waals surface area contributed by atoms with Crippen LogP contribution in [0.15, 0.2) is 35.2 Å². The molecule has 5 atom stereocenters. The van der Waals surface area contributed by atoms with Crippen LogP contribution >= 0.6 is 0 Å². The molecule has 102 valence electrons. The van der Waals surface area contributed by atoms with E-state index in [1.54, 1.807) is 24.3 Å². The van der Waals surface area contributed by atoms with Gasteiger partial charge in [0.25, 0.3) is 0 Å². The van der Waals surface area contributed by atoms with E-state index in [1.807, 2.05) is 6.07 Å². The molecule has 2 bridgehead atoms. The smallest absolute Gasteiger partial charge is 0.186 e. The lowest BCUT2D eigenvalue weighted by atomic mass is 9.83. The van der Waals surface area contributed by atoms with Crippen LogP contribution in [-0.4, -0.2) is 38.6 Å². The van der Waals surface area contributed by atoms with Crippen molar-refractivity contribution in [1.82, 2.24) is 0 Å². The first kappa shape index (κ1) is 11.9. The molecule has 0 aliphatic carbocycles. The molecule has 3 saturated heterocycles. The van der Waals surface area contributed by atoms with Gasteiger partial charge in [0, 0.05) is 6.61 Å². The predicted molar refractivity (Wildman–Crippen MR) is 68.5 cm³/mol. The van der Waals surface area contributed by atoms with Crippen LogP contribution in [0.3, 0.4) is 0 Å². The predicted octanol–water partition coefficient (Wildman–Crippen LogP) is 1.41. The highest BCUT2D eigenvalue weighted by Gasteiger charge is 2.61. The summed E-state index contributed by atoms with van der Waals surface area (Å²) in [6.45, 7) is 0.655. The molecule has 3 heterocycles. The number of hydrogen-bond acceptors (Lipinski definition) is 4. The highest BCUT2D eigenvalue weighted by Crippen LogP contribution is 2.48. The van der Waals surface area contributed by atoms with Gasteiger partial charge < -0.3 is 9.47 Å². The maximum atomic E-state index is 12.8. The van der Waals surface area contributed by atoms with E-state index in [0.717, 1.165) is 12.8 Å². The average molecular weight is 280 g/mol. The zero-order valence-corrected chi connectivity index (χ0v) is 11.3. The van der Waals surface area contributed by atoms with Gasteiger partial charge in [-0.2, -0.15) is 0 Å². The zero-order chi connectivity index (χ0) is 13.0. The SMILES string of the molecule is O=S(=O)(c1ccccc1)C1C2CC3CCOC1C3O2. The first-order valence-electron chi connectivity index (χ1n) is 6.74. The van der Waals surface area contributed by atoms with Crippen LogP contribution in [0.4, 0.5) is 0 Å². The lowest BCUT2D eigenvalue weighted by molar-refractivity contribution is -0.0590. The van der Waals surface area contributed by atoms with E-state index in [9.17, 15) is 8.42 Å². The van der Waals surface area contributed by atoms with Crippen molar-refractivity contribution in [3.05, 3.63) is 30.3 Å². The Bertz CT molecular complexity index is 581. The van der Waals surface area contributed by atoms with Crippen LogP contribution in [-0.2, 0) is 19.3 Å². The molecule has 0 amide bonds. The highest BCUT2D eigenvalue weighted by atomic mass is 32.2. The molecule has 3 aliphatic heterocycles. The van der Waals surface area contributed by atoms with Gasteiger partial charge in [-0.05, 0) is 30.9 Å². The number of benzene rings is 1. The number of ether oxygens (including phenoxy) is 2. The maximum Gasteiger partial charge on any atom is 0.186 e. The van der Waals surface area contributed by atoms with Gasteiger partial charge in [-0.1, -0.05) is 18.2 Å². The maximum absolute atomic E-state index is 12.8. The molecule has 0 radical (unpaired) electrons. The standard InChI is InChI=1S/C14H16O4S/c15-19(16,10-4-2-1-3-5-10)14-11-8-9-6-7-17-13(14)12(9)18-11/h1-5,9,11-14H,6-8H2. The van der Waals surface area contributed by atoms with Crippen molar-refractivity contribution in [1.29, 1.82) is 0 Å². The normalized spacial score (nSPS) is 40.5. The molecule has 4 nitrogen and oxygen atoms in total. The van der Waals surface area contributed by atoms with Gasteiger partial charge >= 0.3 is 0 Å². The van der Waals surface area contributed by atoms with E-state index >= 15 is 0 Å². The summed E-state index contributed by atoms with van der Waals surface area (Å²) in [4.78, 5) is 0.377. The summed E-state index contributed by atoms with van der Waals surface area (Å²) in [5.41, 5.74) is 0. The van der Waals surface area contributed by atoms with Crippen LogP contribution < -0.4 is 0 Å².